The molecule has 112 valence electrons. The largest absolute Gasteiger partial charge is 0.492 e. The molecule has 0 radical (unpaired) electrons. The lowest BCUT2D eigenvalue weighted by atomic mass is 10.1. The zero-order valence-corrected chi connectivity index (χ0v) is 13.0. The van der Waals surface area contributed by atoms with E-state index in [4.69, 9.17) is 4.74 Å². The van der Waals surface area contributed by atoms with E-state index in [0.717, 1.165) is 36.4 Å². The number of carbonyl (C=O) groups is 1. The maximum atomic E-state index is 11.5. The monoisotopic (exact) mass is 278 g/mol. The van der Waals surface area contributed by atoms with Crippen molar-refractivity contribution < 1.29 is 9.53 Å². The molecule has 0 aliphatic carbocycles. The van der Waals surface area contributed by atoms with Gasteiger partial charge in [-0.2, -0.15) is 0 Å². The minimum absolute atomic E-state index is 0.0873. The first kappa shape index (κ1) is 16.5. The minimum Gasteiger partial charge on any atom is -0.492 e. The average Bonchev–Trinajstić information content (AvgIpc) is 2.41. The third kappa shape index (κ3) is 5.21. The Labute approximate surface area is 122 Å². The first-order chi connectivity index (χ1) is 9.56. The number of para-hydroxylation sites is 1. The molecule has 4 nitrogen and oxygen atoms in total. The molecule has 1 rings (SSSR count). The minimum atomic E-state index is 0.0873. The Morgan fingerprint density at radius 3 is 2.75 bits per heavy atom. The van der Waals surface area contributed by atoms with Gasteiger partial charge in [0.2, 0.25) is 5.91 Å². The van der Waals surface area contributed by atoms with Crippen molar-refractivity contribution in [3.63, 3.8) is 0 Å². The smallest absolute Gasteiger partial charge is 0.225 e. The number of nitrogens with one attached hydrogen (secondary N) is 1. The van der Waals surface area contributed by atoms with Gasteiger partial charge in [-0.05, 0) is 25.5 Å². The lowest BCUT2D eigenvalue weighted by Gasteiger charge is -2.15. The van der Waals surface area contributed by atoms with Gasteiger partial charge < -0.3 is 15.0 Å². The van der Waals surface area contributed by atoms with Crippen LogP contribution in [0.2, 0.25) is 0 Å². The van der Waals surface area contributed by atoms with Crippen LogP contribution in [-0.4, -0.2) is 38.1 Å². The highest BCUT2D eigenvalue weighted by atomic mass is 16.5. The molecular weight excluding hydrogens is 252 g/mol. The predicted molar refractivity (Wildman–Crippen MR) is 82.0 cm³/mol. The van der Waals surface area contributed by atoms with Gasteiger partial charge >= 0.3 is 0 Å². The predicted octanol–water partition coefficient (Wildman–Crippen LogP) is 2.35. The van der Waals surface area contributed by atoms with Crippen molar-refractivity contribution >= 4 is 5.91 Å². The van der Waals surface area contributed by atoms with E-state index in [1.165, 1.54) is 0 Å². The van der Waals surface area contributed by atoms with Crippen LogP contribution in [0.25, 0.3) is 0 Å². The maximum absolute atomic E-state index is 11.5. The number of ether oxygens (including phenoxy) is 1. The van der Waals surface area contributed by atoms with Gasteiger partial charge in [0.05, 0.1) is 13.0 Å². The number of rotatable bonds is 8. The van der Waals surface area contributed by atoms with E-state index in [2.05, 4.69) is 18.3 Å². The Bertz CT molecular complexity index is 430. The zero-order chi connectivity index (χ0) is 15.0. The normalized spacial score (nSPS) is 10.4. The highest BCUT2D eigenvalue weighted by Crippen LogP contribution is 2.23. The maximum Gasteiger partial charge on any atom is 0.225 e. The van der Waals surface area contributed by atoms with Crippen molar-refractivity contribution in [3.8, 4) is 5.75 Å². The fourth-order valence-corrected chi connectivity index (χ4v) is 1.92. The summed E-state index contributed by atoms with van der Waals surface area (Å²) in [5.41, 5.74) is 2.26. The van der Waals surface area contributed by atoms with Gasteiger partial charge in [0, 0.05) is 26.2 Å². The first-order valence-corrected chi connectivity index (χ1v) is 7.18. The number of carbonyl (C=O) groups excluding carboxylic acids is 1. The lowest BCUT2D eigenvalue weighted by Crippen LogP contribution is -2.23. The molecule has 0 aliphatic rings. The van der Waals surface area contributed by atoms with Crippen molar-refractivity contribution in [2.45, 2.75) is 33.2 Å². The molecule has 0 spiro atoms. The second kappa shape index (κ2) is 8.59. The number of hydrogen-bond donors (Lipinski definition) is 1. The number of hydrogen-bond acceptors (Lipinski definition) is 3. The SMILES string of the molecule is CCCNCc1cccc(C)c1OCCC(=O)N(C)C. The van der Waals surface area contributed by atoms with E-state index in [1.54, 1.807) is 19.0 Å². The van der Waals surface area contributed by atoms with Crippen LogP contribution in [0, 0.1) is 6.92 Å². The lowest BCUT2D eigenvalue weighted by molar-refractivity contribution is -0.129. The molecule has 1 N–H and O–H groups in total. The fourth-order valence-electron chi connectivity index (χ4n) is 1.92. The molecule has 0 heterocycles. The van der Waals surface area contributed by atoms with E-state index in [9.17, 15) is 4.79 Å². The molecule has 0 atom stereocenters. The van der Waals surface area contributed by atoms with E-state index in [0.29, 0.717) is 13.0 Å². The summed E-state index contributed by atoms with van der Waals surface area (Å²) in [7, 11) is 3.52. The Hall–Kier alpha value is -1.55. The highest BCUT2D eigenvalue weighted by Gasteiger charge is 2.09. The van der Waals surface area contributed by atoms with Gasteiger partial charge in [-0.25, -0.2) is 0 Å². The van der Waals surface area contributed by atoms with Gasteiger partial charge in [0.1, 0.15) is 5.75 Å². The molecule has 0 saturated heterocycles. The summed E-state index contributed by atoms with van der Waals surface area (Å²) in [5, 5.41) is 3.38. The quantitative estimate of drug-likeness (QED) is 0.742. The van der Waals surface area contributed by atoms with Crippen LogP contribution in [0.3, 0.4) is 0 Å². The number of benzene rings is 1. The molecule has 4 heteroatoms. The Balaban J connectivity index is 2.60. The second-order valence-electron chi connectivity index (χ2n) is 5.13. The van der Waals surface area contributed by atoms with E-state index < -0.39 is 0 Å². The molecule has 1 aromatic rings. The molecule has 0 aromatic heterocycles. The van der Waals surface area contributed by atoms with Crippen LogP contribution in [0.1, 0.15) is 30.9 Å². The first-order valence-electron chi connectivity index (χ1n) is 7.18. The molecule has 0 bridgehead atoms. The molecule has 20 heavy (non-hydrogen) atoms. The van der Waals surface area contributed by atoms with Crippen molar-refractivity contribution in [3.05, 3.63) is 29.3 Å². The molecule has 1 amide bonds. The Morgan fingerprint density at radius 2 is 2.10 bits per heavy atom. The second-order valence-corrected chi connectivity index (χ2v) is 5.13. The summed E-state index contributed by atoms with van der Waals surface area (Å²) in [6, 6.07) is 6.14. The van der Waals surface area contributed by atoms with Crippen LogP contribution in [-0.2, 0) is 11.3 Å². The van der Waals surface area contributed by atoms with E-state index in [1.807, 2.05) is 19.1 Å². The van der Waals surface area contributed by atoms with Crippen LogP contribution < -0.4 is 10.1 Å². The van der Waals surface area contributed by atoms with Crippen molar-refractivity contribution in [2.75, 3.05) is 27.2 Å². The Kier molecular flexibility index (Phi) is 7.09. The highest BCUT2D eigenvalue weighted by molar-refractivity contribution is 5.75. The third-order valence-corrected chi connectivity index (χ3v) is 3.10. The van der Waals surface area contributed by atoms with Gasteiger partial charge in [-0.1, -0.05) is 25.1 Å². The van der Waals surface area contributed by atoms with Gasteiger partial charge in [0.15, 0.2) is 0 Å². The van der Waals surface area contributed by atoms with Crippen LogP contribution >= 0.6 is 0 Å². The van der Waals surface area contributed by atoms with Crippen LogP contribution in [0.5, 0.6) is 5.75 Å². The average molecular weight is 278 g/mol. The summed E-state index contributed by atoms with van der Waals surface area (Å²) < 4.78 is 5.83. The van der Waals surface area contributed by atoms with Crippen LogP contribution in [0.4, 0.5) is 0 Å². The van der Waals surface area contributed by atoms with Crippen molar-refractivity contribution in [1.82, 2.24) is 10.2 Å². The Morgan fingerprint density at radius 1 is 1.35 bits per heavy atom. The van der Waals surface area contributed by atoms with Crippen LogP contribution in [0.15, 0.2) is 18.2 Å². The fraction of sp³-hybridized carbons (Fsp3) is 0.562. The summed E-state index contributed by atoms with van der Waals surface area (Å²) >= 11 is 0. The topological polar surface area (TPSA) is 41.6 Å². The van der Waals surface area contributed by atoms with Crippen molar-refractivity contribution in [1.29, 1.82) is 0 Å². The molecule has 0 fully saturated rings. The molecule has 0 saturated carbocycles. The molecular formula is C16H26N2O2. The number of aryl methyl sites for hydroxylation is 1. The van der Waals surface area contributed by atoms with Crippen molar-refractivity contribution in [2.24, 2.45) is 0 Å². The summed E-state index contributed by atoms with van der Waals surface area (Å²) in [5.74, 6) is 0.993. The summed E-state index contributed by atoms with van der Waals surface area (Å²) in [6.07, 6.45) is 1.52. The van der Waals surface area contributed by atoms with Gasteiger partial charge in [-0.15, -0.1) is 0 Å². The van der Waals surface area contributed by atoms with Gasteiger partial charge in [-0.3, -0.25) is 4.79 Å². The third-order valence-electron chi connectivity index (χ3n) is 3.10. The number of amides is 1. The van der Waals surface area contributed by atoms with E-state index in [-0.39, 0.29) is 5.91 Å². The summed E-state index contributed by atoms with van der Waals surface area (Å²) in [4.78, 5) is 13.1. The van der Waals surface area contributed by atoms with Gasteiger partial charge in [0.25, 0.3) is 0 Å². The molecule has 1 aromatic carbocycles. The standard InChI is InChI=1S/C16H26N2O2/c1-5-10-17-12-14-8-6-7-13(2)16(14)20-11-9-15(19)18(3)4/h6-8,17H,5,9-12H2,1-4H3. The zero-order valence-electron chi connectivity index (χ0n) is 13.0. The molecule has 0 unspecified atom stereocenters. The molecule has 0 aliphatic heterocycles. The number of nitrogens with zero attached hydrogens (tertiary/aromatic N) is 1. The summed E-state index contributed by atoms with van der Waals surface area (Å²) in [6.45, 7) is 6.39. The van der Waals surface area contributed by atoms with E-state index >= 15 is 0 Å².